The van der Waals surface area contributed by atoms with Gasteiger partial charge in [-0.15, -0.1) is 10.2 Å². The van der Waals surface area contributed by atoms with E-state index in [1.165, 1.54) is 47.7 Å². The Hall–Kier alpha value is -0.800. The Morgan fingerprint density at radius 3 is 2.56 bits per heavy atom. The number of amides is 2. The van der Waals surface area contributed by atoms with Gasteiger partial charge in [0.2, 0.25) is 11.8 Å². The Morgan fingerprint density at radius 1 is 1.20 bits per heavy atom. The van der Waals surface area contributed by atoms with Crippen molar-refractivity contribution < 1.29 is 9.59 Å². The van der Waals surface area contributed by atoms with Crippen molar-refractivity contribution in [3.05, 3.63) is 0 Å². The van der Waals surface area contributed by atoms with Crippen LogP contribution >= 0.6 is 34.9 Å². The average molecular weight is 403 g/mol. The van der Waals surface area contributed by atoms with Gasteiger partial charge in [-0.1, -0.05) is 54.6 Å². The first-order valence-corrected chi connectivity index (χ1v) is 11.5. The van der Waals surface area contributed by atoms with Crippen molar-refractivity contribution in [2.75, 3.05) is 25.4 Å². The van der Waals surface area contributed by atoms with Gasteiger partial charge >= 0.3 is 0 Å². The molecule has 1 aliphatic rings. The van der Waals surface area contributed by atoms with Crippen LogP contribution in [0.15, 0.2) is 8.68 Å². The van der Waals surface area contributed by atoms with E-state index in [1.54, 1.807) is 0 Å². The van der Waals surface area contributed by atoms with Crippen LogP contribution in [0.4, 0.5) is 0 Å². The molecule has 1 aliphatic heterocycles. The molecular formula is C16H26N4O2S3. The number of thioether (sulfide) groups is 2. The van der Waals surface area contributed by atoms with E-state index in [-0.39, 0.29) is 17.1 Å². The van der Waals surface area contributed by atoms with Gasteiger partial charge in [-0.05, 0) is 26.2 Å². The Balaban J connectivity index is 1.79. The van der Waals surface area contributed by atoms with Crippen molar-refractivity contribution in [1.82, 2.24) is 20.4 Å². The van der Waals surface area contributed by atoms with E-state index in [4.69, 9.17) is 0 Å². The predicted molar refractivity (Wildman–Crippen MR) is 104 cm³/mol. The van der Waals surface area contributed by atoms with Gasteiger partial charge in [0.05, 0.1) is 11.0 Å². The number of hydrogen-bond acceptors (Lipinski definition) is 7. The number of likely N-dealkylation sites (tertiary alicyclic amines) is 1. The van der Waals surface area contributed by atoms with Crippen LogP contribution in [-0.2, 0) is 9.59 Å². The quantitative estimate of drug-likeness (QED) is 0.674. The molecule has 1 saturated heterocycles. The molecule has 1 aromatic rings. The zero-order valence-corrected chi connectivity index (χ0v) is 17.3. The van der Waals surface area contributed by atoms with E-state index < -0.39 is 0 Å². The molecule has 0 unspecified atom stereocenters. The first-order chi connectivity index (χ1) is 12.1. The first-order valence-electron chi connectivity index (χ1n) is 8.78. The number of nitrogens with one attached hydrogen (secondary N) is 1. The van der Waals surface area contributed by atoms with Gasteiger partial charge in [0.1, 0.15) is 0 Å². The third kappa shape index (κ3) is 7.15. The number of carbonyl (C=O) groups excluding carboxylic acids is 2. The summed E-state index contributed by atoms with van der Waals surface area (Å²) < 4.78 is 1.55. The van der Waals surface area contributed by atoms with Gasteiger partial charge in [-0.3, -0.25) is 9.59 Å². The topological polar surface area (TPSA) is 75.2 Å². The van der Waals surface area contributed by atoms with Gasteiger partial charge in [0.15, 0.2) is 8.68 Å². The molecule has 0 bridgehead atoms. The summed E-state index contributed by atoms with van der Waals surface area (Å²) in [5, 5.41) is 10.9. The van der Waals surface area contributed by atoms with Crippen LogP contribution in [-0.4, -0.2) is 57.5 Å². The summed E-state index contributed by atoms with van der Waals surface area (Å²) in [5.41, 5.74) is 0. The molecule has 9 heteroatoms. The van der Waals surface area contributed by atoms with Crippen LogP contribution in [0.1, 0.15) is 46.0 Å². The van der Waals surface area contributed by atoms with Crippen molar-refractivity contribution in [2.45, 2.75) is 59.9 Å². The highest BCUT2D eigenvalue weighted by Gasteiger charge is 2.23. The largest absolute Gasteiger partial charge is 0.355 e. The van der Waals surface area contributed by atoms with Gasteiger partial charge in [-0.25, -0.2) is 0 Å². The van der Waals surface area contributed by atoms with E-state index in [2.05, 4.69) is 15.5 Å². The zero-order chi connectivity index (χ0) is 18.1. The standard InChI is InChI=1S/C16H26N4O2S3/c1-3-8-17-13(21)11-23-15-18-19-16(25-15)24-12(2)14(22)20-9-6-4-5-7-10-20/h12H,3-11H2,1-2H3,(H,17,21)/t12-/m1/s1. The average Bonchev–Trinajstić information content (AvgIpc) is 2.88. The van der Waals surface area contributed by atoms with Crippen LogP contribution in [0.2, 0.25) is 0 Å². The second kappa shape index (κ2) is 11.0. The van der Waals surface area contributed by atoms with Crippen LogP contribution in [0.5, 0.6) is 0 Å². The summed E-state index contributed by atoms with van der Waals surface area (Å²) in [6.45, 7) is 6.40. The third-order valence-corrected chi connectivity index (χ3v) is 7.06. The maximum atomic E-state index is 12.6. The molecule has 2 amide bonds. The lowest BCUT2D eigenvalue weighted by Crippen LogP contribution is -2.37. The van der Waals surface area contributed by atoms with Crippen LogP contribution < -0.4 is 5.32 Å². The molecule has 2 rings (SSSR count). The third-order valence-electron chi connectivity index (χ3n) is 3.83. The second-order valence-corrected chi connectivity index (χ2v) is 9.76. The Labute approximate surface area is 161 Å². The van der Waals surface area contributed by atoms with Gasteiger partial charge in [0.25, 0.3) is 0 Å². The summed E-state index contributed by atoms with van der Waals surface area (Å²) in [5.74, 6) is 0.554. The lowest BCUT2D eigenvalue weighted by Gasteiger charge is -2.23. The number of aromatic nitrogens is 2. The molecule has 0 aliphatic carbocycles. The molecular weight excluding hydrogens is 376 g/mol. The Kier molecular flexibility index (Phi) is 9.05. The molecule has 0 radical (unpaired) electrons. The molecule has 25 heavy (non-hydrogen) atoms. The minimum absolute atomic E-state index is 0.0148. The van der Waals surface area contributed by atoms with Crippen molar-refractivity contribution in [2.24, 2.45) is 0 Å². The van der Waals surface area contributed by atoms with E-state index in [0.717, 1.165) is 41.0 Å². The summed E-state index contributed by atoms with van der Waals surface area (Å²) in [7, 11) is 0. The van der Waals surface area contributed by atoms with Crippen molar-refractivity contribution in [3.8, 4) is 0 Å². The molecule has 6 nitrogen and oxygen atoms in total. The van der Waals surface area contributed by atoms with Crippen molar-refractivity contribution >= 4 is 46.7 Å². The smallest absolute Gasteiger partial charge is 0.235 e. The highest BCUT2D eigenvalue weighted by atomic mass is 32.2. The molecule has 2 heterocycles. The second-order valence-electron chi connectivity index (χ2n) is 5.97. The SMILES string of the molecule is CCCNC(=O)CSc1nnc(S[C@H](C)C(=O)N2CCCCCC2)s1. The number of rotatable bonds is 8. The summed E-state index contributed by atoms with van der Waals surface area (Å²) in [4.78, 5) is 26.2. The lowest BCUT2D eigenvalue weighted by molar-refractivity contribution is -0.130. The Morgan fingerprint density at radius 2 is 1.88 bits per heavy atom. The van der Waals surface area contributed by atoms with Crippen LogP contribution in [0.25, 0.3) is 0 Å². The predicted octanol–water partition coefficient (Wildman–Crippen LogP) is 3.04. The molecule has 1 fully saturated rings. The van der Waals surface area contributed by atoms with Gasteiger partial charge in [-0.2, -0.15) is 0 Å². The van der Waals surface area contributed by atoms with E-state index in [9.17, 15) is 9.59 Å². The molecule has 1 aromatic heterocycles. The van der Waals surface area contributed by atoms with Crippen LogP contribution in [0, 0.1) is 0 Å². The summed E-state index contributed by atoms with van der Waals surface area (Å²) >= 11 is 4.30. The van der Waals surface area contributed by atoms with Gasteiger partial charge < -0.3 is 10.2 Å². The first kappa shape index (κ1) is 20.5. The van der Waals surface area contributed by atoms with E-state index >= 15 is 0 Å². The monoisotopic (exact) mass is 402 g/mol. The molecule has 0 saturated carbocycles. The van der Waals surface area contributed by atoms with E-state index in [1.807, 2.05) is 18.7 Å². The molecule has 1 N–H and O–H groups in total. The van der Waals surface area contributed by atoms with Crippen molar-refractivity contribution in [1.29, 1.82) is 0 Å². The molecule has 1 atom stereocenters. The van der Waals surface area contributed by atoms with Crippen molar-refractivity contribution in [3.63, 3.8) is 0 Å². The molecule has 0 aromatic carbocycles. The number of carbonyl (C=O) groups is 2. The zero-order valence-electron chi connectivity index (χ0n) is 14.8. The highest BCUT2D eigenvalue weighted by molar-refractivity contribution is 8.04. The lowest BCUT2D eigenvalue weighted by atomic mass is 10.2. The fraction of sp³-hybridized carbons (Fsp3) is 0.750. The summed E-state index contributed by atoms with van der Waals surface area (Å²) in [6, 6.07) is 0. The fourth-order valence-electron chi connectivity index (χ4n) is 2.50. The Bertz CT molecular complexity index is 559. The normalized spacial score (nSPS) is 16.3. The maximum absolute atomic E-state index is 12.6. The van der Waals surface area contributed by atoms with Gasteiger partial charge in [0, 0.05) is 19.6 Å². The number of nitrogens with zero attached hydrogens (tertiary/aromatic N) is 3. The minimum atomic E-state index is -0.156. The van der Waals surface area contributed by atoms with E-state index in [0.29, 0.717) is 12.3 Å². The molecule has 0 spiro atoms. The molecule has 140 valence electrons. The van der Waals surface area contributed by atoms with Crippen LogP contribution in [0.3, 0.4) is 0 Å². The fourth-order valence-corrected chi connectivity index (χ4v) is 5.57. The minimum Gasteiger partial charge on any atom is -0.355 e. The number of hydrogen-bond donors (Lipinski definition) is 1. The maximum Gasteiger partial charge on any atom is 0.235 e. The summed E-state index contributed by atoms with van der Waals surface area (Å²) in [6.07, 6.45) is 5.56. The highest BCUT2D eigenvalue weighted by Crippen LogP contribution is 2.32.